The van der Waals surface area contributed by atoms with Crippen molar-refractivity contribution in [3.05, 3.63) is 77.8 Å². The third-order valence-corrected chi connectivity index (χ3v) is 3.71. The van der Waals surface area contributed by atoms with Crippen molar-refractivity contribution in [1.29, 1.82) is 0 Å². The number of amides is 1. The Bertz CT molecular complexity index is 854. The molecule has 3 rings (SSSR count). The minimum absolute atomic E-state index is 0.462. The van der Waals surface area contributed by atoms with E-state index in [1.165, 1.54) is 0 Å². The number of primary amides is 1. The summed E-state index contributed by atoms with van der Waals surface area (Å²) in [4.78, 5) is 20.1. The van der Waals surface area contributed by atoms with Crippen molar-refractivity contribution in [1.82, 2.24) is 9.97 Å². The van der Waals surface area contributed by atoms with E-state index in [0.717, 1.165) is 16.7 Å². The van der Waals surface area contributed by atoms with Crippen LogP contribution in [-0.2, 0) is 4.79 Å². The minimum Gasteiger partial charge on any atom is -0.369 e. The number of carbonyl (C=O) groups excluding carboxylic acids is 1. The third kappa shape index (κ3) is 3.70. The summed E-state index contributed by atoms with van der Waals surface area (Å²) in [5, 5.41) is 3.68. The maximum absolute atomic E-state index is 11.8. The topological polar surface area (TPSA) is 80.9 Å². The van der Waals surface area contributed by atoms with Crippen LogP contribution in [0.25, 0.3) is 11.1 Å². The number of nitrogens with one attached hydrogen (secondary N) is 1. The van der Waals surface area contributed by atoms with Gasteiger partial charge in [0.15, 0.2) is 0 Å². The van der Waals surface area contributed by atoms with Crippen LogP contribution < -0.4 is 11.1 Å². The van der Waals surface area contributed by atoms with Crippen LogP contribution in [0.2, 0.25) is 5.02 Å². The lowest BCUT2D eigenvalue weighted by molar-refractivity contribution is -0.118. The summed E-state index contributed by atoms with van der Waals surface area (Å²) in [6, 6.07) is 12.3. The molecule has 1 unspecified atom stereocenters. The van der Waals surface area contributed by atoms with Crippen LogP contribution >= 0.6 is 11.6 Å². The zero-order valence-electron chi connectivity index (χ0n) is 12.7. The molecule has 0 bridgehead atoms. The molecule has 0 aliphatic heterocycles. The Balaban J connectivity index is 1.90. The highest BCUT2D eigenvalue weighted by Crippen LogP contribution is 2.25. The number of pyridine rings is 2. The quantitative estimate of drug-likeness (QED) is 0.746. The second-order valence-electron chi connectivity index (χ2n) is 5.24. The van der Waals surface area contributed by atoms with Crippen molar-refractivity contribution in [3.63, 3.8) is 0 Å². The SMILES string of the molecule is NC(=O)C(Nc1cncc(-c2cncc(Cl)c2)c1)c1ccccc1. The summed E-state index contributed by atoms with van der Waals surface area (Å²) < 4.78 is 0. The smallest absolute Gasteiger partial charge is 0.244 e. The molecule has 0 spiro atoms. The van der Waals surface area contributed by atoms with E-state index in [1.807, 2.05) is 36.4 Å². The molecule has 24 heavy (non-hydrogen) atoms. The van der Waals surface area contributed by atoms with Crippen LogP contribution in [0.4, 0.5) is 5.69 Å². The number of hydrogen-bond donors (Lipinski definition) is 2. The average Bonchev–Trinajstić information content (AvgIpc) is 2.60. The highest BCUT2D eigenvalue weighted by molar-refractivity contribution is 6.30. The van der Waals surface area contributed by atoms with Gasteiger partial charge in [0, 0.05) is 29.7 Å². The molecule has 1 aromatic carbocycles. The molecule has 5 nitrogen and oxygen atoms in total. The van der Waals surface area contributed by atoms with Crippen molar-refractivity contribution in [2.24, 2.45) is 5.73 Å². The third-order valence-electron chi connectivity index (χ3n) is 3.50. The zero-order chi connectivity index (χ0) is 16.9. The fourth-order valence-corrected chi connectivity index (χ4v) is 2.55. The second kappa shape index (κ2) is 7.10. The Morgan fingerprint density at radius 1 is 1.00 bits per heavy atom. The van der Waals surface area contributed by atoms with Gasteiger partial charge in [-0.2, -0.15) is 0 Å². The molecule has 0 aliphatic carbocycles. The molecular weight excluding hydrogens is 324 g/mol. The lowest BCUT2D eigenvalue weighted by Crippen LogP contribution is -2.27. The van der Waals surface area contributed by atoms with E-state index in [4.69, 9.17) is 17.3 Å². The van der Waals surface area contributed by atoms with Crippen molar-refractivity contribution >= 4 is 23.2 Å². The molecule has 3 aromatic rings. The summed E-state index contributed by atoms with van der Waals surface area (Å²) in [5.74, 6) is -0.462. The number of rotatable bonds is 5. The summed E-state index contributed by atoms with van der Waals surface area (Å²) in [6.45, 7) is 0. The molecule has 120 valence electrons. The second-order valence-corrected chi connectivity index (χ2v) is 5.68. The summed E-state index contributed by atoms with van der Waals surface area (Å²) in [6.07, 6.45) is 6.62. The van der Waals surface area contributed by atoms with E-state index < -0.39 is 11.9 Å². The largest absolute Gasteiger partial charge is 0.369 e. The highest BCUT2D eigenvalue weighted by Gasteiger charge is 2.17. The molecule has 3 N–H and O–H groups in total. The normalized spacial score (nSPS) is 11.7. The average molecular weight is 339 g/mol. The van der Waals surface area contributed by atoms with Crippen LogP contribution in [0.15, 0.2) is 67.3 Å². The summed E-state index contributed by atoms with van der Waals surface area (Å²) in [7, 11) is 0. The first-order valence-electron chi connectivity index (χ1n) is 7.30. The van der Waals surface area contributed by atoms with Gasteiger partial charge in [-0.15, -0.1) is 0 Å². The Morgan fingerprint density at radius 3 is 2.33 bits per heavy atom. The molecule has 1 amide bonds. The fourth-order valence-electron chi connectivity index (χ4n) is 2.38. The Hall–Kier alpha value is -2.92. The van der Waals surface area contributed by atoms with E-state index in [0.29, 0.717) is 10.7 Å². The fraction of sp³-hybridized carbons (Fsp3) is 0.0556. The monoisotopic (exact) mass is 338 g/mol. The Labute approximate surface area is 144 Å². The van der Waals surface area contributed by atoms with Crippen molar-refractivity contribution < 1.29 is 4.79 Å². The number of aromatic nitrogens is 2. The van der Waals surface area contributed by atoms with E-state index in [9.17, 15) is 4.79 Å². The van der Waals surface area contributed by atoms with Crippen molar-refractivity contribution in [2.75, 3.05) is 5.32 Å². The summed E-state index contributed by atoms with van der Waals surface area (Å²) in [5.41, 5.74) is 8.69. The van der Waals surface area contributed by atoms with E-state index in [-0.39, 0.29) is 0 Å². The van der Waals surface area contributed by atoms with Crippen LogP contribution in [0.5, 0.6) is 0 Å². The number of hydrogen-bond acceptors (Lipinski definition) is 4. The first-order valence-corrected chi connectivity index (χ1v) is 7.68. The number of anilines is 1. The van der Waals surface area contributed by atoms with Crippen molar-refractivity contribution in [3.8, 4) is 11.1 Å². The predicted octanol–water partition coefficient (Wildman–Crippen LogP) is 3.44. The van der Waals surface area contributed by atoms with E-state index in [1.54, 1.807) is 30.9 Å². The van der Waals surface area contributed by atoms with Gasteiger partial charge < -0.3 is 11.1 Å². The molecule has 0 fully saturated rings. The number of nitrogens with two attached hydrogens (primary N) is 1. The van der Waals surface area contributed by atoms with Gasteiger partial charge in [0.2, 0.25) is 5.91 Å². The van der Waals surface area contributed by atoms with Gasteiger partial charge in [0.1, 0.15) is 6.04 Å². The number of carbonyl (C=O) groups is 1. The number of halogens is 1. The van der Waals surface area contributed by atoms with Gasteiger partial charge in [-0.05, 0) is 17.7 Å². The molecule has 6 heteroatoms. The first-order chi connectivity index (χ1) is 11.6. The van der Waals surface area contributed by atoms with Crippen LogP contribution in [0, 0.1) is 0 Å². The molecule has 0 saturated heterocycles. The highest BCUT2D eigenvalue weighted by atomic mass is 35.5. The predicted molar refractivity (Wildman–Crippen MR) is 94.5 cm³/mol. The summed E-state index contributed by atoms with van der Waals surface area (Å²) >= 11 is 5.98. The maximum Gasteiger partial charge on any atom is 0.244 e. The maximum atomic E-state index is 11.8. The molecule has 0 radical (unpaired) electrons. The minimum atomic E-state index is -0.638. The standard InChI is InChI=1S/C18H15ClN4O/c19-15-6-13(8-21-10-15)14-7-16(11-22-9-14)23-17(18(20)24)12-4-2-1-3-5-12/h1-11,17,23H,(H2,20,24). The molecule has 1 atom stereocenters. The lowest BCUT2D eigenvalue weighted by atomic mass is 10.1. The Morgan fingerprint density at radius 2 is 1.67 bits per heavy atom. The first kappa shape index (κ1) is 16.0. The molecule has 2 heterocycles. The molecule has 0 saturated carbocycles. The Kier molecular flexibility index (Phi) is 4.72. The van der Waals surface area contributed by atoms with E-state index in [2.05, 4.69) is 15.3 Å². The van der Waals surface area contributed by atoms with Crippen LogP contribution in [-0.4, -0.2) is 15.9 Å². The van der Waals surface area contributed by atoms with Gasteiger partial charge in [-0.25, -0.2) is 0 Å². The van der Waals surface area contributed by atoms with Gasteiger partial charge in [0.05, 0.1) is 16.9 Å². The zero-order valence-corrected chi connectivity index (χ0v) is 13.4. The lowest BCUT2D eigenvalue weighted by Gasteiger charge is -2.17. The molecule has 2 aromatic heterocycles. The molecular formula is C18H15ClN4O. The van der Waals surface area contributed by atoms with Gasteiger partial charge in [-0.3, -0.25) is 14.8 Å². The van der Waals surface area contributed by atoms with E-state index >= 15 is 0 Å². The van der Waals surface area contributed by atoms with Crippen molar-refractivity contribution in [2.45, 2.75) is 6.04 Å². The number of benzene rings is 1. The van der Waals surface area contributed by atoms with Gasteiger partial charge >= 0.3 is 0 Å². The van der Waals surface area contributed by atoms with Gasteiger partial charge in [0.25, 0.3) is 0 Å². The number of nitrogens with zero attached hydrogens (tertiary/aromatic N) is 2. The van der Waals surface area contributed by atoms with Gasteiger partial charge in [-0.1, -0.05) is 41.9 Å². The molecule has 0 aliphatic rings. The van der Waals surface area contributed by atoms with Crippen LogP contribution in [0.1, 0.15) is 11.6 Å². The van der Waals surface area contributed by atoms with Crippen LogP contribution in [0.3, 0.4) is 0 Å².